The summed E-state index contributed by atoms with van der Waals surface area (Å²) in [4.78, 5) is 16.2. The zero-order chi connectivity index (χ0) is 14.5. The Balaban J connectivity index is 2.02. The average Bonchev–Trinajstić information content (AvgIpc) is 2.86. The number of rotatable bonds is 5. The molecular formula is C14H17N3O3. The molecule has 6 heteroatoms. The van der Waals surface area contributed by atoms with E-state index >= 15 is 0 Å². The number of carbonyl (C=O) groups is 1. The molecule has 2 rings (SSSR count). The number of hydrogen-bond acceptors (Lipinski definition) is 5. The predicted octanol–water partition coefficient (Wildman–Crippen LogP) is 1.88. The number of methoxy groups -OCH3 is 1. The lowest BCUT2D eigenvalue weighted by atomic mass is 10.1. The number of ether oxygens (including phenoxy) is 1. The molecule has 2 heterocycles. The Morgan fingerprint density at radius 2 is 2.25 bits per heavy atom. The number of amides is 1. The minimum Gasteiger partial charge on any atom is -0.481 e. The van der Waals surface area contributed by atoms with Gasteiger partial charge in [-0.15, -0.1) is 0 Å². The van der Waals surface area contributed by atoms with Crippen LogP contribution in [-0.2, 0) is 13.0 Å². The summed E-state index contributed by atoms with van der Waals surface area (Å²) < 4.78 is 10.0. The third-order valence-electron chi connectivity index (χ3n) is 2.96. The van der Waals surface area contributed by atoms with Crippen molar-refractivity contribution in [3.05, 3.63) is 40.9 Å². The van der Waals surface area contributed by atoms with E-state index in [0.717, 1.165) is 5.56 Å². The van der Waals surface area contributed by atoms with Gasteiger partial charge in [-0.25, -0.2) is 4.98 Å². The molecule has 0 radical (unpaired) electrons. The van der Waals surface area contributed by atoms with Crippen LogP contribution in [0.5, 0.6) is 5.88 Å². The van der Waals surface area contributed by atoms with Crippen molar-refractivity contribution in [3.63, 3.8) is 0 Å². The number of nitrogens with one attached hydrogen (secondary N) is 1. The molecule has 1 N–H and O–H groups in total. The second kappa shape index (κ2) is 6.18. The summed E-state index contributed by atoms with van der Waals surface area (Å²) in [5.41, 5.74) is 2.09. The van der Waals surface area contributed by atoms with Crippen LogP contribution < -0.4 is 10.1 Å². The van der Waals surface area contributed by atoms with E-state index in [1.165, 1.54) is 0 Å². The van der Waals surface area contributed by atoms with Gasteiger partial charge in [0.25, 0.3) is 5.91 Å². The fraction of sp³-hybridized carbons (Fsp3) is 0.357. The first-order valence-electron chi connectivity index (χ1n) is 6.38. The van der Waals surface area contributed by atoms with Gasteiger partial charge >= 0.3 is 0 Å². The molecule has 0 bridgehead atoms. The first-order valence-corrected chi connectivity index (χ1v) is 6.38. The van der Waals surface area contributed by atoms with E-state index in [1.54, 1.807) is 26.3 Å². The molecule has 0 saturated heterocycles. The van der Waals surface area contributed by atoms with Crippen LogP contribution in [0.15, 0.2) is 22.9 Å². The zero-order valence-corrected chi connectivity index (χ0v) is 11.8. The number of pyridine rings is 1. The van der Waals surface area contributed by atoms with E-state index in [1.807, 2.05) is 13.0 Å². The molecule has 20 heavy (non-hydrogen) atoms. The third kappa shape index (κ3) is 2.96. The molecule has 1 amide bonds. The molecule has 0 aliphatic heterocycles. The quantitative estimate of drug-likeness (QED) is 0.901. The zero-order valence-electron chi connectivity index (χ0n) is 11.8. The van der Waals surface area contributed by atoms with Crippen molar-refractivity contribution in [1.29, 1.82) is 0 Å². The van der Waals surface area contributed by atoms with Crippen molar-refractivity contribution >= 4 is 5.91 Å². The Labute approximate surface area is 117 Å². The highest BCUT2D eigenvalue weighted by atomic mass is 16.5. The van der Waals surface area contributed by atoms with Crippen molar-refractivity contribution in [2.24, 2.45) is 0 Å². The van der Waals surface area contributed by atoms with Crippen molar-refractivity contribution < 1.29 is 14.1 Å². The molecule has 0 aromatic carbocycles. The standard InChI is InChI=1S/C14H17N3O3/c1-4-11-13(9(2)20-17-11)14(18)16-8-10-5-6-12(19-3)15-7-10/h5-7H,4,8H2,1-3H3,(H,16,18). The SMILES string of the molecule is CCc1noc(C)c1C(=O)NCc1ccc(OC)nc1. The molecule has 0 fully saturated rings. The highest BCUT2D eigenvalue weighted by molar-refractivity contribution is 5.96. The highest BCUT2D eigenvalue weighted by Crippen LogP contribution is 2.14. The maximum Gasteiger partial charge on any atom is 0.257 e. The van der Waals surface area contributed by atoms with E-state index < -0.39 is 0 Å². The first kappa shape index (κ1) is 14.0. The minimum absolute atomic E-state index is 0.184. The summed E-state index contributed by atoms with van der Waals surface area (Å²) in [6.45, 7) is 4.06. The van der Waals surface area contributed by atoms with Crippen LogP contribution in [-0.4, -0.2) is 23.2 Å². The van der Waals surface area contributed by atoms with Crippen LogP contribution in [0.4, 0.5) is 0 Å². The monoisotopic (exact) mass is 275 g/mol. The average molecular weight is 275 g/mol. The van der Waals surface area contributed by atoms with E-state index in [9.17, 15) is 4.79 Å². The summed E-state index contributed by atoms with van der Waals surface area (Å²) >= 11 is 0. The fourth-order valence-electron chi connectivity index (χ4n) is 1.86. The van der Waals surface area contributed by atoms with Crippen LogP contribution in [0, 0.1) is 6.92 Å². The maximum absolute atomic E-state index is 12.1. The normalized spacial score (nSPS) is 10.3. The molecule has 0 saturated carbocycles. The van der Waals surface area contributed by atoms with Crippen LogP contribution in [0.25, 0.3) is 0 Å². The Kier molecular flexibility index (Phi) is 4.34. The van der Waals surface area contributed by atoms with Crippen LogP contribution in [0.2, 0.25) is 0 Å². The minimum atomic E-state index is -0.184. The van der Waals surface area contributed by atoms with Crippen molar-refractivity contribution in [2.45, 2.75) is 26.8 Å². The fourth-order valence-corrected chi connectivity index (χ4v) is 1.86. The van der Waals surface area contributed by atoms with Crippen molar-refractivity contribution in [1.82, 2.24) is 15.5 Å². The van der Waals surface area contributed by atoms with Gasteiger partial charge in [0.15, 0.2) is 0 Å². The largest absolute Gasteiger partial charge is 0.481 e. The number of aromatic nitrogens is 2. The lowest BCUT2D eigenvalue weighted by molar-refractivity contribution is 0.0948. The van der Waals surface area contributed by atoms with Gasteiger partial charge < -0.3 is 14.6 Å². The van der Waals surface area contributed by atoms with Crippen LogP contribution in [0.1, 0.15) is 34.3 Å². The molecule has 0 spiro atoms. The highest BCUT2D eigenvalue weighted by Gasteiger charge is 2.18. The summed E-state index contributed by atoms with van der Waals surface area (Å²) in [5, 5.41) is 6.70. The smallest absolute Gasteiger partial charge is 0.257 e. The van der Waals surface area contributed by atoms with E-state index in [2.05, 4.69) is 15.5 Å². The Morgan fingerprint density at radius 1 is 1.45 bits per heavy atom. The van der Waals surface area contributed by atoms with Gasteiger partial charge in [-0.05, 0) is 18.9 Å². The maximum atomic E-state index is 12.1. The lowest BCUT2D eigenvalue weighted by Crippen LogP contribution is -2.24. The number of nitrogens with zero attached hydrogens (tertiary/aromatic N) is 2. The van der Waals surface area contributed by atoms with Gasteiger partial charge in [-0.1, -0.05) is 18.1 Å². The van der Waals surface area contributed by atoms with Crippen molar-refractivity contribution in [3.8, 4) is 5.88 Å². The van der Waals surface area contributed by atoms with Gasteiger partial charge in [-0.3, -0.25) is 4.79 Å². The van der Waals surface area contributed by atoms with E-state index in [0.29, 0.717) is 35.9 Å². The number of aryl methyl sites for hydroxylation is 2. The van der Waals surface area contributed by atoms with Gasteiger partial charge in [0, 0.05) is 18.8 Å². The van der Waals surface area contributed by atoms with Crippen LogP contribution in [0.3, 0.4) is 0 Å². The second-order valence-corrected chi connectivity index (χ2v) is 4.31. The van der Waals surface area contributed by atoms with Gasteiger partial charge in [0.1, 0.15) is 11.3 Å². The molecule has 2 aromatic heterocycles. The molecule has 0 aliphatic rings. The van der Waals surface area contributed by atoms with Crippen molar-refractivity contribution in [2.75, 3.05) is 7.11 Å². The second-order valence-electron chi connectivity index (χ2n) is 4.31. The molecule has 0 aliphatic carbocycles. The van der Waals surface area contributed by atoms with E-state index in [-0.39, 0.29) is 5.91 Å². The topological polar surface area (TPSA) is 77.2 Å². The Morgan fingerprint density at radius 3 is 2.85 bits per heavy atom. The summed E-state index contributed by atoms with van der Waals surface area (Å²) in [6.07, 6.45) is 2.32. The molecule has 6 nitrogen and oxygen atoms in total. The Bertz CT molecular complexity index is 590. The molecular weight excluding hydrogens is 258 g/mol. The van der Waals surface area contributed by atoms with Gasteiger partial charge in [0.05, 0.1) is 12.8 Å². The molecule has 0 atom stereocenters. The van der Waals surface area contributed by atoms with Gasteiger partial charge in [0.2, 0.25) is 5.88 Å². The lowest BCUT2D eigenvalue weighted by Gasteiger charge is -2.05. The van der Waals surface area contributed by atoms with Gasteiger partial charge in [-0.2, -0.15) is 0 Å². The number of hydrogen-bond donors (Lipinski definition) is 1. The number of carbonyl (C=O) groups excluding carboxylic acids is 1. The summed E-state index contributed by atoms with van der Waals surface area (Å²) in [7, 11) is 1.56. The Hall–Kier alpha value is -2.37. The third-order valence-corrected chi connectivity index (χ3v) is 2.96. The summed E-state index contributed by atoms with van der Waals surface area (Å²) in [6, 6.07) is 3.61. The molecule has 2 aromatic rings. The molecule has 106 valence electrons. The predicted molar refractivity (Wildman–Crippen MR) is 72.6 cm³/mol. The molecule has 0 unspecified atom stereocenters. The van der Waals surface area contributed by atoms with Crippen LogP contribution >= 0.6 is 0 Å². The van der Waals surface area contributed by atoms with E-state index in [4.69, 9.17) is 9.26 Å². The first-order chi connectivity index (χ1) is 9.65. The summed E-state index contributed by atoms with van der Waals surface area (Å²) in [5.74, 6) is 0.895.